The molecular formula is C42H50O5SSi2. The fraction of sp³-hybridized carbons (Fsp3) is 0.238. The highest BCUT2D eigenvalue weighted by atomic mass is 32.4. The largest absolute Gasteiger partial charge is 0.540 e. The van der Waals surface area contributed by atoms with Crippen LogP contribution in [-0.4, -0.2) is 26.9 Å². The molecule has 0 aliphatic carbocycles. The zero-order valence-electron chi connectivity index (χ0n) is 30.1. The first-order chi connectivity index (χ1) is 23.8. The lowest BCUT2D eigenvalue weighted by atomic mass is 10.1. The molecule has 0 amide bonds. The molecule has 5 nitrogen and oxygen atoms in total. The summed E-state index contributed by atoms with van der Waals surface area (Å²) in [4.78, 5) is 1.30. The Balaban J connectivity index is 1.46. The molecule has 4 aromatic carbocycles. The van der Waals surface area contributed by atoms with Gasteiger partial charge in [-0.25, -0.2) is 0 Å². The molecule has 0 radical (unpaired) electrons. The van der Waals surface area contributed by atoms with E-state index >= 15 is 0 Å². The third-order valence-electron chi connectivity index (χ3n) is 7.45. The van der Waals surface area contributed by atoms with Gasteiger partial charge in [-0.05, 0) is 117 Å². The van der Waals surface area contributed by atoms with Crippen LogP contribution in [0.5, 0.6) is 40.2 Å². The van der Waals surface area contributed by atoms with Crippen LogP contribution in [0.15, 0.2) is 128 Å². The summed E-state index contributed by atoms with van der Waals surface area (Å²) in [7, 11) is -3.71. The maximum Gasteiger partial charge on any atom is 0.281 e. The minimum atomic E-state index is -2.36. The van der Waals surface area contributed by atoms with E-state index in [1.165, 1.54) is 10.5 Å². The molecule has 0 aliphatic rings. The molecule has 0 heterocycles. The molecule has 50 heavy (non-hydrogen) atoms. The second-order valence-electron chi connectivity index (χ2n) is 13.6. The fourth-order valence-electron chi connectivity index (χ4n) is 5.27. The maximum atomic E-state index is 10.1. The predicted molar refractivity (Wildman–Crippen MR) is 216 cm³/mol. The molecule has 0 fully saturated rings. The average molecular weight is 723 g/mol. The van der Waals surface area contributed by atoms with Gasteiger partial charge in [-0.2, -0.15) is 11.2 Å². The highest BCUT2D eigenvalue weighted by molar-refractivity contribution is 8.28. The van der Waals surface area contributed by atoms with Crippen molar-refractivity contribution in [3.8, 4) is 40.2 Å². The van der Waals surface area contributed by atoms with Gasteiger partial charge in [0.05, 0.1) is 0 Å². The third kappa shape index (κ3) is 11.3. The number of phenols is 1. The number of benzene rings is 4. The van der Waals surface area contributed by atoms with Crippen molar-refractivity contribution in [3.63, 3.8) is 0 Å². The summed E-state index contributed by atoms with van der Waals surface area (Å²) < 4.78 is 25.6. The standard InChI is InChI=1S/C42H50O5SSi2/c1-10-14-31-26-35(18-22-39(31)43)45-36-19-23-40(32(27-36)15-11-2)44-30-50(8,9)47-41-24-20-37(28-33(41)16-12-3)46-38-21-25-42(48-49(5,6)7)34(29-38)17-13-4/h10-13,18-29,43H,1-4,14-17,30H2,5-9H3. The van der Waals surface area contributed by atoms with E-state index in [4.69, 9.17) is 18.6 Å². The highest BCUT2D eigenvalue weighted by Gasteiger charge is 2.28. The Bertz CT molecular complexity index is 1830. The molecule has 0 saturated carbocycles. The van der Waals surface area contributed by atoms with E-state index in [0.717, 1.165) is 46.1 Å². The van der Waals surface area contributed by atoms with Gasteiger partial charge < -0.3 is 23.7 Å². The van der Waals surface area contributed by atoms with Crippen LogP contribution in [0.25, 0.3) is 0 Å². The number of hydrogen-bond donors (Lipinski definition) is 1. The van der Waals surface area contributed by atoms with Gasteiger partial charge in [-0.1, -0.05) is 43.9 Å². The van der Waals surface area contributed by atoms with Crippen molar-refractivity contribution < 1.29 is 23.7 Å². The van der Waals surface area contributed by atoms with E-state index in [1.54, 1.807) is 18.2 Å². The monoisotopic (exact) mass is 722 g/mol. The van der Waals surface area contributed by atoms with E-state index in [9.17, 15) is 5.11 Å². The van der Waals surface area contributed by atoms with Gasteiger partial charge in [0.25, 0.3) is 8.32 Å². The molecule has 0 unspecified atom stereocenters. The molecule has 0 aromatic heterocycles. The highest BCUT2D eigenvalue weighted by Crippen LogP contribution is 2.37. The van der Waals surface area contributed by atoms with Gasteiger partial charge in [-0.15, -0.1) is 26.3 Å². The normalized spacial score (nSPS) is 11.4. The molecule has 0 saturated heterocycles. The van der Waals surface area contributed by atoms with Crippen molar-refractivity contribution in [2.24, 2.45) is 0 Å². The summed E-state index contributed by atoms with van der Waals surface area (Å²) in [6.45, 7) is 27.0. The fourth-order valence-corrected chi connectivity index (χ4v) is 10.3. The van der Waals surface area contributed by atoms with Crippen molar-refractivity contribution in [1.82, 2.24) is 0 Å². The van der Waals surface area contributed by atoms with Crippen molar-refractivity contribution in [2.75, 3.05) is 6.23 Å². The average Bonchev–Trinajstić information content (AvgIpc) is 3.05. The zero-order valence-corrected chi connectivity index (χ0v) is 32.9. The molecule has 8 heteroatoms. The molecule has 4 rings (SSSR count). The number of hydrogen-bond acceptors (Lipinski definition) is 6. The van der Waals surface area contributed by atoms with Crippen LogP contribution in [0.1, 0.15) is 22.3 Å². The Morgan fingerprint density at radius 3 is 1.58 bits per heavy atom. The molecule has 0 atom stereocenters. The quantitative estimate of drug-likeness (QED) is 0.0768. The predicted octanol–water partition coefficient (Wildman–Crippen LogP) is 12.0. The molecule has 0 bridgehead atoms. The maximum absolute atomic E-state index is 10.1. The Morgan fingerprint density at radius 1 is 0.580 bits per heavy atom. The van der Waals surface area contributed by atoms with Crippen molar-refractivity contribution in [3.05, 3.63) is 146 Å². The van der Waals surface area contributed by atoms with Crippen molar-refractivity contribution in [2.45, 2.75) is 63.3 Å². The van der Waals surface area contributed by atoms with Gasteiger partial charge in [0.1, 0.15) is 53.7 Å². The van der Waals surface area contributed by atoms with Gasteiger partial charge in [-0.3, -0.25) is 0 Å². The Morgan fingerprint density at radius 2 is 1.02 bits per heavy atom. The number of aromatic hydroxyl groups is 1. The van der Waals surface area contributed by atoms with Crippen LogP contribution in [0.2, 0.25) is 32.7 Å². The van der Waals surface area contributed by atoms with Crippen LogP contribution in [0, 0.1) is 0 Å². The zero-order chi connectivity index (χ0) is 36.3. The van der Waals surface area contributed by atoms with E-state index in [1.807, 2.05) is 78.0 Å². The van der Waals surface area contributed by atoms with E-state index < -0.39 is 15.5 Å². The smallest absolute Gasteiger partial charge is 0.281 e. The summed E-state index contributed by atoms with van der Waals surface area (Å²) in [6.07, 6.45) is 10.5. The lowest BCUT2D eigenvalue weighted by molar-refractivity contribution is 0.348. The Labute approximate surface area is 304 Å². The number of phenolic OH excluding ortho intramolecular Hbond substituents is 1. The number of ether oxygens (including phenoxy) is 3. The topological polar surface area (TPSA) is 57.2 Å². The molecular weight excluding hydrogens is 673 g/mol. The first kappa shape index (κ1) is 38.4. The van der Waals surface area contributed by atoms with Gasteiger partial charge in [0.15, 0.2) is 0 Å². The lowest BCUT2D eigenvalue weighted by Gasteiger charge is -2.26. The van der Waals surface area contributed by atoms with Crippen LogP contribution < -0.4 is 18.6 Å². The summed E-state index contributed by atoms with van der Waals surface area (Å²) in [6, 6.07) is 23.3. The number of allylic oxidation sites excluding steroid dienone is 4. The van der Waals surface area contributed by atoms with Gasteiger partial charge in [0, 0.05) is 21.6 Å². The summed E-state index contributed by atoms with van der Waals surface area (Å²) in [5.41, 5.74) is 3.96. The molecule has 262 valence electrons. The van der Waals surface area contributed by atoms with E-state index in [-0.39, 0.29) is 5.75 Å². The second kappa shape index (κ2) is 17.5. The third-order valence-corrected chi connectivity index (χ3v) is 12.8. The van der Waals surface area contributed by atoms with Gasteiger partial charge >= 0.3 is 0 Å². The van der Waals surface area contributed by atoms with Crippen LogP contribution in [-0.2, 0) is 25.7 Å². The molecule has 0 aliphatic heterocycles. The van der Waals surface area contributed by atoms with Crippen LogP contribution in [0.3, 0.4) is 0 Å². The van der Waals surface area contributed by atoms with Crippen molar-refractivity contribution >= 4 is 26.8 Å². The number of rotatable bonds is 19. The second-order valence-corrected chi connectivity index (χ2v) is 26.8. The Hall–Kier alpha value is -4.38. The molecule has 0 spiro atoms. The first-order valence-electron chi connectivity index (χ1n) is 16.8. The van der Waals surface area contributed by atoms with Crippen LogP contribution in [0.4, 0.5) is 0 Å². The van der Waals surface area contributed by atoms with Crippen molar-refractivity contribution in [1.29, 1.82) is 0 Å². The minimum absolute atomic E-state index is 0.221. The van der Waals surface area contributed by atoms with Gasteiger partial charge in [0.2, 0.25) is 0 Å². The van der Waals surface area contributed by atoms with Crippen LogP contribution >= 0.6 is 11.2 Å². The Kier molecular flexibility index (Phi) is 13.5. The molecule has 1 N–H and O–H groups in total. The minimum Gasteiger partial charge on any atom is -0.540 e. The van der Waals surface area contributed by atoms with E-state index in [0.29, 0.717) is 37.0 Å². The summed E-state index contributed by atoms with van der Waals surface area (Å²) in [5, 5.41) is 10.1. The SMILES string of the molecule is C=CCc1cc(Oc2ccc(OC[Si](C)(C)Oc3ccc(Oc4ccc(S[Si](C)(C)C)c(CC=C)c4)cc3CC=C)c(CC=C)c2)ccc1O. The van der Waals surface area contributed by atoms with E-state index in [2.05, 4.69) is 71.2 Å². The lowest BCUT2D eigenvalue weighted by Crippen LogP contribution is -2.42. The molecule has 4 aromatic rings. The first-order valence-corrected chi connectivity index (χ1v) is 25.0. The summed E-state index contributed by atoms with van der Waals surface area (Å²) in [5.74, 6) is 4.66. The summed E-state index contributed by atoms with van der Waals surface area (Å²) >= 11 is 1.99.